The molecule has 0 saturated carbocycles. The molecule has 5 heterocycles. The normalized spacial score (nSPS) is 16.6. The number of aliphatic carboxylic acids is 1. The number of anilines is 1. The first-order chi connectivity index (χ1) is 26.7. The minimum atomic E-state index is -1.35. The number of ether oxygens (including phenoxy) is 2. The van der Waals surface area contributed by atoms with Crippen molar-refractivity contribution in [2.45, 2.75) is 29.6 Å². The number of esters is 2. The number of fused-ring (bicyclic) bond motifs is 2. The van der Waals surface area contributed by atoms with Crippen LogP contribution in [0.15, 0.2) is 49.1 Å². The summed E-state index contributed by atoms with van der Waals surface area (Å²) in [6, 6.07) is 2.38. The van der Waals surface area contributed by atoms with E-state index in [2.05, 4.69) is 25.5 Å². The molecule has 19 nitrogen and oxygen atoms in total. The molecular formula is C31H24Cl2N8O11S4. The molecule has 0 unspecified atom stereocenters. The van der Waals surface area contributed by atoms with Gasteiger partial charge >= 0.3 is 23.9 Å². The summed E-state index contributed by atoms with van der Waals surface area (Å²) in [6.45, 7) is 3.13. The van der Waals surface area contributed by atoms with Gasteiger partial charge in [0.05, 0.1) is 5.56 Å². The first-order valence-electron chi connectivity index (χ1n) is 15.6. The monoisotopic (exact) mass is 882 g/mol. The Morgan fingerprint density at radius 3 is 2.41 bits per heavy atom. The number of aromatic nitrogens is 4. The van der Waals surface area contributed by atoms with Gasteiger partial charge in [0.15, 0.2) is 26.7 Å². The van der Waals surface area contributed by atoms with Gasteiger partial charge in [-0.05, 0) is 37.1 Å². The van der Waals surface area contributed by atoms with Crippen LogP contribution in [0.1, 0.15) is 27.3 Å². The minimum Gasteiger partial charge on any atom is -0.477 e. The number of aryl methyl sites for hydroxylation is 2. The molecule has 4 aromatic rings. The predicted octanol–water partition coefficient (Wildman–Crippen LogP) is 2.19. The zero-order chi connectivity index (χ0) is 40.4. The Morgan fingerprint density at radius 1 is 1.07 bits per heavy atom. The first-order valence-corrected chi connectivity index (χ1v) is 20.4. The maximum Gasteiger partial charge on any atom is 0.366 e. The number of carbonyl (C=O) groups is 6. The van der Waals surface area contributed by atoms with Crippen molar-refractivity contribution >= 4 is 121 Å². The summed E-state index contributed by atoms with van der Waals surface area (Å²) in [5.74, 6) is -7.42. The van der Waals surface area contributed by atoms with Crippen molar-refractivity contribution in [2.24, 2.45) is 5.16 Å². The Balaban J connectivity index is 1.19. The number of hydrogen-bond donors (Lipinski definition) is 3. The van der Waals surface area contributed by atoms with E-state index in [1.807, 2.05) is 0 Å². The van der Waals surface area contributed by atoms with E-state index in [0.29, 0.717) is 20.6 Å². The molecule has 0 aliphatic carbocycles. The van der Waals surface area contributed by atoms with Gasteiger partial charge in [0.25, 0.3) is 17.4 Å². The van der Waals surface area contributed by atoms with Gasteiger partial charge in [0.2, 0.25) is 4.96 Å². The van der Waals surface area contributed by atoms with E-state index in [9.17, 15) is 38.7 Å². The van der Waals surface area contributed by atoms with Crippen LogP contribution in [-0.4, -0.2) is 106 Å². The molecule has 0 radical (unpaired) electrons. The summed E-state index contributed by atoms with van der Waals surface area (Å²) in [7, 11) is 0. The predicted molar refractivity (Wildman–Crippen MR) is 205 cm³/mol. The standard InChI is InChI=1S/C31H24Cl2N8O11S4/c1-11-3-16(50-19(43)6-32)17(51-20(44)7-33)5-14(11)28(49)52-39-21(15-10-54-29(34)36-15)24(45)37-22-25(46)40-23(27(47)48)13(8-53-26(22)40)9-55-31-38-41-18(42)4-12(2)35-30(41)56-31/h3-5,10,22,26H,6-9H2,1-2H3,(H2,34,36)(H,37,45)(H,47,48)/b39-21-/t22-,26-/m1/s1. The molecule has 56 heavy (non-hydrogen) atoms. The van der Waals surface area contributed by atoms with Gasteiger partial charge in [-0.2, -0.15) is 4.52 Å². The van der Waals surface area contributed by atoms with Crippen molar-refractivity contribution in [3.8, 4) is 11.5 Å². The molecule has 2 amide bonds. The highest BCUT2D eigenvalue weighted by Gasteiger charge is 2.54. The zero-order valence-corrected chi connectivity index (χ0v) is 33.2. The average molecular weight is 884 g/mol. The van der Waals surface area contributed by atoms with Crippen molar-refractivity contribution in [2.75, 3.05) is 29.0 Å². The Kier molecular flexibility index (Phi) is 12.3. The van der Waals surface area contributed by atoms with Crippen LogP contribution in [0, 0.1) is 13.8 Å². The van der Waals surface area contributed by atoms with Gasteiger partial charge in [-0.15, -0.1) is 51.4 Å². The number of nitrogen functional groups attached to an aromatic ring is 1. The Bertz CT molecular complexity index is 2450. The summed E-state index contributed by atoms with van der Waals surface area (Å²) in [6.07, 6.45) is 0. The minimum absolute atomic E-state index is 0.0372. The maximum atomic E-state index is 13.6. The number of alkyl halides is 2. The second-order valence-corrected chi connectivity index (χ2v) is 16.1. The van der Waals surface area contributed by atoms with Gasteiger partial charge in [0, 0.05) is 28.6 Å². The fraction of sp³-hybridized carbons (Fsp3) is 0.258. The van der Waals surface area contributed by atoms with Gasteiger partial charge in [0.1, 0.15) is 34.6 Å². The molecule has 0 bridgehead atoms. The molecule has 1 aromatic carbocycles. The first kappa shape index (κ1) is 40.6. The van der Waals surface area contributed by atoms with E-state index >= 15 is 0 Å². The summed E-state index contributed by atoms with van der Waals surface area (Å²) in [5, 5.41) is 21.2. The summed E-state index contributed by atoms with van der Waals surface area (Å²) in [4.78, 5) is 104. The number of benzene rings is 1. The number of nitrogens with two attached hydrogens (primary N) is 1. The Hall–Kier alpha value is -5.07. The summed E-state index contributed by atoms with van der Waals surface area (Å²) in [5.41, 5.74) is 5.43. The highest BCUT2D eigenvalue weighted by atomic mass is 35.5. The third-order valence-electron chi connectivity index (χ3n) is 7.64. The number of β-lactam (4-membered cyclic amide) rings is 1. The zero-order valence-electron chi connectivity index (χ0n) is 28.5. The molecular weight excluding hydrogens is 860 g/mol. The third kappa shape index (κ3) is 8.51. The fourth-order valence-corrected chi connectivity index (χ4v) is 9.32. The van der Waals surface area contributed by atoms with Crippen LogP contribution >= 0.6 is 69.4 Å². The quantitative estimate of drug-likeness (QED) is 0.0254. The summed E-state index contributed by atoms with van der Waals surface area (Å²) >= 11 is 15.6. The molecule has 292 valence electrons. The van der Waals surface area contributed by atoms with Gasteiger partial charge in [-0.3, -0.25) is 28.9 Å². The van der Waals surface area contributed by atoms with Crippen LogP contribution in [0.5, 0.6) is 11.5 Å². The number of hydrogen-bond acceptors (Lipinski definition) is 19. The van der Waals surface area contributed by atoms with E-state index in [0.717, 1.165) is 38.2 Å². The number of oxime groups is 1. The molecule has 25 heteroatoms. The number of thioether (sulfide) groups is 2. The van der Waals surface area contributed by atoms with Crippen LogP contribution < -0.4 is 26.1 Å². The number of nitrogens with zero attached hydrogens (tertiary/aromatic N) is 6. The van der Waals surface area contributed by atoms with Crippen LogP contribution in [0.4, 0.5) is 5.13 Å². The molecule has 2 atom stereocenters. The van der Waals surface area contributed by atoms with E-state index in [1.165, 1.54) is 48.0 Å². The number of amides is 2. The van der Waals surface area contributed by atoms with Crippen LogP contribution in [0.2, 0.25) is 0 Å². The Labute approximate surface area is 340 Å². The van der Waals surface area contributed by atoms with Crippen molar-refractivity contribution in [3.63, 3.8) is 0 Å². The molecule has 2 aliphatic heterocycles. The molecule has 4 N–H and O–H groups in total. The number of carboxylic acids is 1. The highest BCUT2D eigenvalue weighted by molar-refractivity contribution is 8.02. The van der Waals surface area contributed by atoms with Crippen LogP contribution in [0.25, 0.3) is 4.96 Å². The molecule has 6 rings (SSSR count). The number of nitrogens with one attached hydrogen (secondary N) is 1. The second-order valence-electron chi connectivity index (χ2n) is 11.4. The molecule has 1 fully saturated rings. The topological polar surface area (TPSA) is 264 Å². The van der Waals surface area contributed by atoms with E-state index in [-0.39, 0.29) is 56.2 Å². The third-order valence-corrected chi connectivity index (χ3v) is 12.2. The molecule has 1 saturated heterocycles. The number of halogens is 2. The van der Waals surface area contributed by atoms with E-state index in [1.54, 1.807) is 6.92 Å². The van der Waals surface area contributed by atoms with Crippen LogP contribution in [-0.2, 0) is 28.8 Å². The number of thiazole rings is 1. The van der Waals surface area contributed by atoms with Crippen molar-refractivity contribution < 1.29 is 48.2 Å². The van der Waals surface area contributed by atoms with Crippen molar-refractivity contribution in [1.82, 2.24) is 29.8 Å². The lowest BCUT2D eigenvalue weighted by molar-refractivity contribution is -0.150. The SMILES string of the molecule is Cc1cc(=O)n2nc(SCC3=C(C(=O)O)N4C(=O)[C@@H](NC(=O)/C(=N\OC(=O)c5cc(OC(=O)CCl)c(OC(=O)CCl)cc5C)c5csc(N)n5)[C@H]4SC3)sc2n1. The Morgan fingerprint density at radius 2 is 1.77 bits per heavy atom. The second kappa shape index (κ2) is 17.0. The van der Waals surface area contributed by atoms with Crippen LogP contribution in [0.3, 0.4) is 0 Å². The van der Waals surface area contributed by atoms with Crippen molar-refractivity contribution in [1.29, 1.82) is 0 Å². The summed E-state index contributed by atoms with van der Waals surface area (Å²) < 4.78 is 11.8. The van der Waals surface area contributed by atoms with Gasteiger partial charge in [-0.1, -0.05) is 28.3 Å². The molecule has 0 spiro atoms. The largest absolute Gasteiger partial charge is 0.477 e. The molecule has 2 aliphatic rings. The average Bonchev–Trinajstić information content (AvgIpc) is 3.78. The van der Waals surface area contributed by atoms with Gasteiger partial charge < -0.3 is 30.5 Å². The molecule has 3 aromatic heterocycles. The fourth-order valence-electron chi connectivity index (χ4n) is 5.19. The lowest BCUT2D eigenvalue weighted by Gasteiger charge is -2.49. The smallest absolute Gasteiger partial charge is 0.366 e. The number of carbonyl (C=O) groups excluding carboxylic acids is 5. The lowest BCUT2D eigenvalue weighted by Crippen LogP contribution is -2.71. The van der Waals surface area contributed by atoms with E-state index < -0.39 is 64.6 Å². The number of carboxylic acid groups (broad SMARTS) is 1. The van der Waals surface area contributed by atoms with Gasteiger partial charge in [-0.25, -0.2) is 19.6 Å². The number of rotatable bonds is 13. The lowest BCUT2D eigenvalue weighted by atomic mass is 10.0. The van der Waals surface area contributed by atoms with Crippen molar-refractivity contribution in [3.05, 3.63) is 67.7 Å². The van der Waals surface area contributed by atoms with E-state index in [4.69, 9.17) is 43.2 Å². The highest BCUT2D eigenvalue weighted by Crippen LogP contribution is 2.42. The maximum absolute atomic E-state index is 13.6.